The zero-order chi connectivity index (χ0) is 14.1. The Hall–Kier alpha value is -1.35. The first-order valence-electron chi connectivity index (χ1n) is 7.66. The Morgan fingerprint density at radius 1 is 1.10 bits per heavy atom. The van der Waals surface area contributed by atoms with Crippen LogP contribution in [0, 0.1) is 0 Å². The standard InChI is InChI=1S/C17H25N3/c1-19(2)15-6-4-13(5-7-15)12-18-14-10-16-8-9-17(11-14)20(16)3/h4-7,12,14,16-17H,8-11H2,1-3H3. The van der Waals surface area contributed by atoms with E-state index in [1.807, 2.05) is 0 Å². The van der Waals surface area contributed by atoms with E-state index < -0.39 is 0 Å². The van der Waals surface area contributed by atoms with Crippen LogP contribution in [0.15, 0.2) is 29.3 Å². The molecule has 3 heteroatoms. The summed E-state index contributed by atoms with van der Waals surface area (Å²) in [7, 11) is 6.41. The summed E-state index contributed by atoms with van der Waals surface area (Å²) in [6, 6.07) is 10.7. The van der Waals surface area contributed by atoms with E-state index in [-0.39, 0.29) is 0 Å². The van der Waals surface area contributed by atoms with Crippen LogP contribution >= 0.6 is 0 Å². The molecule has 2 saturated heterocycles. The van der Waals surface area contributed by atoms with Gasteiger partial charge < -0.3 is 9.80 Å². The SMILES string of the molecule is CN(C)c1ccc(C=NC2CC3CCC(C2)N3C)cc1. The summed E-state index contributed by atoms with van der Waals surface area (Å²) >= 11 is 0. The van der Waals surface area contributed by atoms with Gasteiger partial charge in [0.15, 0.2) is 0 Å². The van der Waals surface area contributed by atoms with Crippen LogP contribution in [0.3, 0.4) is 0 Å². The molecular formula is C17H25N3. The Bertz CT molecular complexity index is 464. The minimum Gasteiger partial charge on any atom is -0.378 e. The second-order valence-electron chi connectivity index (χ2n) is 6.44. The fourth-order valence-corrected chi connectivity index (χ4v) is 3.55. The van der Waals surface area contributed by atoms with Gasteiger partial charge in [0.05, 0.1) is 6.04 Å². The van der Waals surface area contributed by atoms with Crippen LogP contribution in [0.25, 0.3) is 0 Å². The number of hydrogen-bond acceptors (Lipinski definition) is 3. The molecule has 2 atom stereocenters. The fraction of sp³-hybridized carbons (Fsp3) is 0.588. The molecule has 2 aliphatic rings. The van der Waals surface area contributed by atoms with Gasteiger partial charge in [0.25, 0.3) is 0 Å². The van der Waals surface area contributed by atoms with Crippen molar-refractivity contribution in [2.75, 3.05) is 26.0 Å². The number of nitrogens with zero attached hydrogens (tertiary/aromatic N) is 3. The van der Waals surface area contributed by atoms with Gasteiger partial charge in [-0.05, 0) is 50.4 Å². The fourth-order valence-electron chi connectivity index (χ4n) is 3.55. The highest BCUT2D eigenvalue weighted by Crippen LogP contribution is 2.35. The minimum absolute atomic E-state index is 0.525. The summed E-state index contributed by atoms with van der Waals surface area (Å²) in [5.74, 6) is 0. The largest absolute Gasteiger partial charge is 0.378 e. The van der Waals surface area contributed by atoms with Crippen molar-refractivity contribution in [2.45, 2.75) is 43.8 Å². The highest BCUT2D eigenvalue weighted by Gasteiger charge is 2.37. The summed E-state index contributed by atoms with van der Waals surface area (Å²) in [6.45, 7) is 0. The molecule has 0 amide bonds. The number of fused-ring (bicyclic) bond motifs is 2. The van der Waals surface area contributed by atoms with Gasteiger partial charge in [0, 0.05) is 38.1 Å². The summed E-state index contributed by atoms with van der Waals surface area (Å²) in [5.41, 5.74) is 2.45. The van der Waals surface area contributed by atoms with Crippen molar-refractivity contribution in [1.82, 2.24) is 4.90 Å². The molecule has 1 aromatic carbocycles. The molecule has 0 spiro atoms. The molecule has 2 bridgehead atoms. The maximum atomic E-state index is 4.84. The Morgan fingerprint density at radius 3 is 2.25 bits per heavy atom. The zero-order valence-corrected chi connectivity index (χ0v) is 12.8. The molecule has 3 rings (SSSR count). The molecule has 2 unspecified atom stereocenters. The lowest BCUT2D eigenvalue weighted by Crippen LogP contribution is -2.41. The smallest absolute Gasteiger partial charge is 0.0529 e. The van der Waals surface area contributed by atoms with Crippen molar-refractivity contribution in [3.05, 3.63) is 29.8 Å². The van der Waals surface area contributed by atoms with E-state index in [2.05, 4.69) is 61.4 Å². The van der Waals surface area contributed by atoms with Crippen molar-refractivity contribution in [1.29, 1.82) is 0 Å². The first-order valence-corrected chi connectivity index (χ1v) is 7.66. The van der Waals surface area contributed by atoms with Gasteiger partial charge in [-0.15, -0.1) is 0 Å². The van der Waals surface area contributed by atoms with Crippen LogP contribution < -0.4 is 4.90 Å². The van der Waals surface area contributed by atoms with Crippen LogP contribution in [0.4, 0.5) is 5.69 Å². The van der Waals surface area contributed by atoms with Crippen LogP contribution in [0.1, 0.15) is 31.2 Å². The van der Waals surface area contributed by atoms with Crippen LogP contribution in [-0.4, -0.2) is 50.4 Å². The first kappa shape index (κ1) is 13.6. The number of anilines is 1. The molecule has 2 heterocycles. The average Bonchev–Trinajstić information content (AvgIpc) is 2.66. The molecule has 0 aliphatic carbocycles. The number of rotatable bonds is 3. The Kier molecular flexibility index (Phi) is 3.79. The van der Waals surface area contributed by atoms with Gasteiger partial charge in [-0.1, -0.05) is 12.1 Å². The number of benzene rings is 1. The van der Waals surface area contributed by atoms with Crippen LogP contribution in [0.5, 0.6) is 0 Å². The molecular weight excluding hydrogens is 246 g/mol. The number of piperidine rings is 1. The highest BCUT2D eigenvalue weighted by atomic mass is 15.2. The second kappa shape index (κ2) is 5.57. The van der Waals surface area contributed by atoms with Crippen molar-refractivity contribution < 1.29 is 0 Å². The highest BCUT2D eigenvalue weighted by molar-refractivity contribution is 5.80. The lowest BCUT2D eigenvalue weighted by molar-refractivity contribution is 0.164. The Balaban J connectivity index is 1.63. The normalized spacial score (nSPS) is 30.1. The van der Waals surface area contributed by atoms with E-state index in [1.54, 1.807) is 0 Å². The molecule has 20 heavy (non-hydrogen) atoms. The van der Waals surface area contributed by atoms with E-state index in [9.17, 15) is 0 Å². The van der Waals surface area contributed by atoms with E-state index in [4.69, 9.17) is 4.99 Å². The predicted molar refractivity (Wildman–Crippen MR) is 86.0 cm³/mol. The van der Waals surface area contributed by atoms with Crippen molar-refractivity contribution in [3.63, 3.8) is 0 Å². The van der Waals surface area contributed by atoms with Gasteiger partial charge >= 0.3 is 0 Å². The number of aliphatic imine (C=N–C) groups is 1. The maximum absolute atomic E-state index is 4.84. The predicted octanol–water partition coefficient (Wildman–Crippen LogP) is 2.80. The zero-order valence-electron chi connectivity index (χ0n) is 12.8. The number of hydrogen-bond donors (Lipinski definition) is 0. The van der Waals surface area contributed by atoms with Crippen molar-refractivity contribution >= 4 is 11.9 Å². The molecule has 0 saturated carbocycles. The molecule has 1 aromatic rings. The van der Waals surface area contributed by atoms with Gasteiger partial charge in [0.2, 0.25) is 0 Å². The van der Waals surface area contributed by atoms with Crippen molar-refractivity contribution in [3.8, 4) is 0 Å². The van der Waals surface area contributed by atoms with Gasteiger partial charge in [-0.25, -0.2) is 0 Å². The third-order valence-corrected chi connectivity index (χ3v) is 4.92. The minimum atomic E-state index is 0.525. The quantitative estimate of drug-likeness (QED) is 0.787. The summed E-state index contributed by atoms with van der Waals surface area (Å²) in [4.78, 5) is 9.53. The van der Waals surface area contributed by atoms with Gasteiger partial charge in [-0.3, -0.25) is 4.99 Å². The van der Waals surface area contributed by atoms with Gasteiger partial charge in [-0.2, -0.15) is 0 Å². The molecule has 3 nitrogen and oxygen atoms in total. The molecule has 0 N–H and O–H groups in total. The lowest BCUT2D eigenvalue weighted by Gasteiger charge is -2.34. The third-order valence-electron chi connectivity index (χ3n) is 4.92. The molecule has 108 valence electrons. The molecule has 0 aromatic heterocycles. The monoisotopic (exact) mass is 271 g/mol. The van der Waals surface area contributed by atoms with Crippen LogP contribution in [-0.2, 0) is 0 Å². The van der Waals surface area contributed by atoms with E-state index in [0.29, 0.717) is 6.04 Å². The first-order chi connectivity index (χ1) is 9.63. The molecule has 2 aliphatic heterocycles. The summed E-state index contributed by atoms with van der Waals surface area (Å²) in [6.07, 6.45) is 7.27. The topological polar surface area (TPSA) is 18.8 Å². The van der Waals surface area contributed by atoms with E-state index in [0.717, 1.165) is 12.1 Å². The molecule has 0 radical (unpaired) electrons. The Morgan fingerprint density at radius 2 is 1.70 bits per heavy atom. The average molecular weight is 271 g/mol. The summed E-state index contributed by atoms with van der Waals surface area (Å²) < 4.78 is 0. The molecule has 2 fully saturated rings. The maximum Gasteiger partial charge on any atom is 0.0529 e. The third kappa shape index (κ3) is 2.73. The van der Waals surface area contributed by atoms with E-state index in [1.165, 1.54) is 36.9 Å². The van der Waals surface area contributed by atoms with Crippen LogP contribution in [0.2, 0.25) is 0 Å². The summed E-state index contributed by atoms with van der Waals surface area (Å²) in [5, 5.41) is 0. The van der Waals surface area contributed by atoms with Crippen molar-refractivity contribution in [2.24, 2.45) is 4.99 Å². The lowest BCUT2D eigenvalue weighted by atomic mass is 9.98. The second-order valence-corrected chi connectivity index (χ2v) is 6.44. The van der Waals surface area contributed by atoms with Gasteiger partial charge in [0.1, 0.15) is 0 Å². The van der Waals surface area contributed by atoms with E-state index >= 15 is 0 Å². The Labute approximate surface area is 122 Å².